The molecule has 1 atom stereocenters. The van der Waals surface area contributed by atoms with Gasteiger partial charge in [-0.2, -0.15) is 0 Å². The third-order valence-electron chi connectivity index (χ3n) is 5.25. The van der Waals surface area contributed by atoms with Crippen LogP contribution in [-0.2, 0) is 29.0 Å². The van der Waals surface area contributed by atoms with Gasteiger partial charge in [-0.05, 0) is 61.2 Å². The SMILES string of the molecule is O=C(O)Cn1c2c(c3cc(F)ccc31)C[C@H](NC(=O)COc1cccc(Cl)c1)CC2. The number of hydrogen-bond acceptors (Lipinski definition) is 3. The monoisotopic (exact) mass is 430 g/mol. The third-order valence-corrected chi connectivity index (χ3v) is 5.49. The number of carboxylic acids is 1. The molecule has 0 bridgehead atoms. The number of nitrogens with one attached hydrogen (secondary N) is 1. The molecule has 1 heterocycles. The van der Waals surface area contributed by atoms with Crippen molar-refractivity contribution in [3.05, 3.63) is 64.6 Å². The fourth-order valence-corrected chi connectivity index (χ4v) is 4.22. The molecular weight excluding hydrogens is 411 g/mol. The molecule has 1 aliphatic rings. The highest BCUT2D eigenvalue weighted by Crippen LogP contribution is 2.33. The maximum Gasteiger partial charge on any atom is 0.323 e. The van der Waals surface area contributed by atoms with Gasteiger partial charge in [-0.1, -0.05) is 17.7 Å². The molecule has 4 rings (SSSR count). The Morgan fingerprint density at radius 1 is 1.27 bits per heavy atom. The summed E-state index contributed by atoms with van der Waals surface area (Å²) in [6.07, 6.45) is 1.76. The highest BCUT2D eigenvalue weighted by molar-refractivity contribution is 6.30. The van der Waals surface area contributed by atoms with Crippen LogP contribution in [0.2, 0.25) is 5.02 Å². The van der Waals surface area contributed by atoms with Crippen LogP contribution in [0.25, 0.3) is 10.9 Å². The van der Waals surface area contributed by atoms with Crippen LogP contribution < -0.4 is 10.1 Å². The quantitative estimate of drug-likeness (QED) is 0.626. The smallest absolute Gasteiger partial charge is 0.323 e. The van der Waals surface area contributed by atoms with Crippen LogP contribution >= 0.6 is 11.6 Å². The molecule has 3 aromatic rings. The molecule has 1 aliphatic carbocycles. The van der Waals surface area contributed by atoms with Crippen LogP contribution in [0.15, 0.2) is 42.5 Å². The molecular formula is C22H20ClFN2O4. The lowest BCUT2D eigenvalue weighted by Crippen LogP contribution is -2.41. The van der Waals surface area contributed by atoms with E-state index in [0.29, 0.717) is 40.9 Å². The summed E-state index contributed by atoms with van der Waals surface area (Å²) < 4.78 is 21.1. The second-order valence-electron chi connectivity index (χ2n) is 7.32. The molecule has 30 heavy (non-hydrogen) atoms. The molecule has 2 aromatic carbocycles. The van der Waals surface area contributed by atoms with E-state index in [4.69, 9.17) is 16.3 Å². The number of aromatic nitrogens is 1. The summed E-state index contributed by atoms with van der Waals surface area (Å²) in [7, 11) is 0. The van der Waals surface area contributed by atoms with Crippen molar-refractivity contribution in [2.24, 2.45) is 0 Å². The number of carbonyl (C=O) groups excluding carboxylic acids is 1. The van der Waals surface area contributed by atoms with Gasteiger partial charge in [0.2, 0.25) is 0 Å². The van der Waals surface area contributed by atoms with E-state index in [0.717, 1.165) is 11.3 Å². The first kappa shape index (κ1) is 20.2. The van der Waals surface area contributed by atoms with Gasteiger partial charge in [0.1, 0.15) is 18.1 Å². The number of benzene rings is 2. The molecule has 6 nitrogen and oxygen atoms in total. The van der Waals surface area contributed by atoms with Gasteiger partial charge in [0.25, 0.3) is 5.91 Å². The Kier molecular flexibility index (Phi) is 5.63. The summed E-state index contributed by atoms with van der Waals surface area (Å²) in [6.45, 7) is -0.318. The summed E-state index contributed by atoms with van der Waals surface area (Å²) >= 11 is 5.91. The van der Waals surface area contributed by atoms with Crippen LogP contribution in [0, 0.1) is 5.82 Å². The number of amides is 1. The van der Waals surface area contributed by atoms with E-state index in [2.05, 4.69) is 5.32 Å². The molecule has 0 unspecified atom stereocenters. The molecule has 1 amide bonds. The highest BCUT2D eigenvalue weighted by atomic mass is 35.5. The Morgan fingerprint density at radius 2 is 2.10 bits per heavy atom. The van der Waals surface area contributed by atoms with Gasteiger partial charge in [0.05, 0.1) is 0 Å². The number of rotatable bonds is 6. The molecule has 8 heteroatoms. The van der Waals surface area contributed by atoms with Gasteiger partial charge in [-0.25, -0.2) is 4.39 Å². The van der Waals surface area contributed by atoms with E-state index in [-0.39, 0.29) is 30.9 Å². The lowest BCUT2D eigenvalue weighted by Gasteiger charge is -2.25. The summed E-state index contributed by atoms with van der Waals surface area (Å²) in [5.41, 5.74) is 2.47. The highest BCUT2D eigenvalue weighted by Gasteiger charge is 2.27. The Morgan fingerprint density at radius 3 is 2.87 bits per heavy atom. The molecule has 1 aromatic heterocycles. The van der Waals surface area contributed by atoms with E-state index >= 15 is 0 Å². The molecule has 0 spiro atoms. The summed E-state index contributed by atoms with van der Waals surface area (Å²) in [5.74, 6) is -1.08. The van der Waals surface area contributed by atoms with Crippen molar-refractivity contribution in [1.82, 2.24) is 9.88 Å². The lowest BCUT2D eigenvalue weighted by atomic mass is 9.91. The molecule has 2 N–H and O–H groups in total. The number of nitrogens with zero attached hydrogens (tertiary/aromatic N) is 1. The number of hydrogen-bond donors (Lipinski definition) is 2. The summed E-state index contributed by atoms with van der Waals surface area (Å²) in [5, 5.41) is 13.4. The van der Waals surface area contributed by atoms with E-state index < -0.39 is 5.97 Å². The van der Waals surface area contributed by atoms with Crippen LogP contribution in [0.4, 0.5) is 4.39 Å². The van der Waals surface area contributed by atoms with Gasteiger partial charge in [-0.15, -0.1) is 0 Å². The maximum atomic E-state index is 13.9. The minimum absolute atomic E-state index is 0.139. The van der Waals surface area contributed by atoms with Crippen molar-refractivity contribution in [3.8, 4) is 5.75 Å². The minimum atomic E-state index is -0.951. The van der Waals surface area contributed by atoms with Crippen LogP contribution in [0.1, 0.15) is 17.7 Å². The molecule has 0 saturated carbocycles. The van der Waals surface area contributed by atoms with Crippen molar-refractivity contribution in [1.29, 1.82) is 0 Å². The standard InChI is InChI=1S/C22H20ClFN2O4/c23-13-2-1-3-16(8-13)30-12-21(27)25-15-5-7-20-18(10-15)17-9-14(24)4-6-19(17)26(20)11-22(28)29/h1-4,6,8-9,15H,5,7,10-12H2,(H,25,27)(H,28,29)/t15-/m1/s1. The Bertz CT molecular complexity index is 1130. The Balaban J connectivity index is 1.49. The number of carbonyl (C=O) groups is 2. The Hall–Kier alpha value is -3.06. The van der Waals surface area contributed by atoms with Gasteiger partial charge in [0, 0.05) is 27.7 Å². The number of carboxylic acid groups (broad SMARTS) is 1. The Labute approximate surface area is 177 Å². The fourth-order valence-electron chi connectivity index (χ4n) is 4.04. The van der Waals surface area contributed by atoms with Crippen molar-refractivity contribution < 1.29 is 23.8 Å². The molecule has 0 radical (unpaired) electrons. The van der Waals surface area contributed by atoms with Gasteiger partial charge in [-0.3, -0.25) is 9.59 Å². The normalized spacial score (nSPS) is 15.6. The van der Waals surface area contributed by atoms with E-state index in [1.54, 1.807) is 34.9 Å². The zero-order valence-electron chi connectivity index (χ0n) is 16.0. The number of aliphatic carboxylic acids is 1. The van der Waals surface area contributed by atoms with E-state index in [1.165, 1.54) is 12.1 Å². The number of halogens is 2. The summed E-state index contributed by atoms with van der Waals surface area (Å²) in [4.78, 5) is 23.6. The zero-order chi connectivity index (χ0) is 21.3. The molecule has 0 aliphatic heterocycles. The predicted octanol–water partition coefficient (Wildman–Crippen LogP) is 3.57. The topological polar surface area (TPSA) is 80.6 Å². The minimum Gasteiger partial charge on any atom is -0.484 e. The lowest BCUT2D eigenvalue weighted by molar-refractivity contribution is -0.137. The first-order valence-electron chi connectivity index (χ1n) is 9.59. The van der Waals surface area contributed by atoms with Gasteiger partial charge < -0.3 is 19.7 Å². The number of fused-ring (bicyclic) bond motifs is 3. The number of ether oxygens (including phenoxy) is 1. The first-order valence-corrected chi connectivity index (χ1v) is 9.97. The van der Waals surface area contributed by atoms with Crippen molar-refractivity contribution in [2.75, 3.05) is 6.61 Å². The zero-order valence-corrected chi connectivity index (χ0v) is 16.8. The van der Waals surface area contributed by atoms with Crippen LogP contribution in [-0.4, -0.2) is 34.2 Å². The van der Waals surface area contributed by atoms with E-state index in [1.807, 2.05) is 0 Å². The molecule has 0 fully saturated rings. The van der Waals surface area contributed by atoms with Crippen molar-refractivity contribution >= 4 is 34.4 Å². The van der Waals surface area contributed by atoms with Gasteiger partial charge in [0.15, 0.2) is 6.61 Å². The first-order chi connectivity index (χ1) is 14.4. The largest absolute Gasteiger partial charge is 0.484 e. The predicted molar refractivity (Wildman–Crippen MR) is 110 cm³/mol. The van der Waals surface area contributed by atoms with E-state index in [9.17, 15) is 19.1 Å². The molecule has 0 saturated heterocycles. The molecule has 156 valence electrons. The fraction of sp³-hybridized carbons (Fsp3) is 0.273. The maximum absolute atomic E-state index is 13.9. The average Bonchev–Trinajstić information content (AvgIpc) is 2.98. The second-order valence-corrected chi connectivity index (χ2v) is 7.76. The van der Waals surface area contributed by atoms with Gasteiger partial charge >= 0.3 is 5.97 Å². The van der Waals surface area contributed by atoms with Crippen LogP contribution in [0.5, 0.6) is 5.75 Å². The van der Waals surface area contributed by atoms with Crippen molar-refractivity contribution in [3.63, 3.8) is 0 Å². The van der Waals surface area contributed by atoms with Crippen molar-refractivity contribution in [2.45, 2.75) is 31.8 Å². The summed E-state index contributed by atoms with van der Waals surface area (Å²) in [6, 6.07) is 11.0. The van der Waals surface area contributed by atoms with Crippen LogP contribution in [0.3, 0.4) is 0 Å². The average molecular weight is 431 g/mol. The third kappa shape index (κ3) is 4.26. The second kappa shape index (κ2) is 8.36.